The molecule has 166 valence electrons. The zero-order chi connectivity index (χ0) is 19.4. The lowest BCUT2D eigenvalue weighted by molar-refractivity contribution is 0.0893. The number of guanidine groups is 1. The predicted molar refractivity (Wildman–Crippen MR) is 125 cm³/mol. The van der Waals surface area contributed by atoms with Gasteiger partial charge in [-0.15, -0.1) is 34.2 Å². The summed E-state index contributed by atoms with van der Waals surface area (Å²) >= 11 is 0. The average Bonchev–Trinajstić information content (AvgIpc) is 3.29. The molecule has 1 saturated heterocycles. The van der Waals surface area contributed by atoms with Crippen molar-refractivity contribution in [2.24, 2.45) is 10.9 Å². The molecule has 3 rings (SSSR count). The van der Waals surface area contributed by atoms with Crippen molar-refractivity contribution in [1.82, 2.24) is 25.4 Å². The average molecular weight is 520 g/mol. The van der Waals surface area contributed by atoms with E-state index >= 15 is 0 Å². The molecular weight excluding hydrogens is 483 g/mol. The minimum atomic E-state index is 0. The van der Waals surface area contributed by atoms with Crippen LogP contribution in [-0.2, 0) is 28.9 Å². The van der Waals surface area contributed by atoms with Crippen LogP contribution in [0.2, 0.25) is 0 Å². The van der Waals surface area contributed by atoms with Gasteiger partial charge in [-0.3, -0.25) is 4.99 Å². The van der Waals surface area contributed by atoms with E-state index in [-0.39, 0.29) is 24.0 Å². The highest BCUT2D eigenvalue weighted by molar-refractivity contribution is 14.0. The third-order valence-electron chi connectivity index (χ3n) is 5.27. The molecule has 1 aromatic rings. The van der Waals surface area contributed by atoms with E-state index in [4.69, 9.17) is 9.47 Å². The molecule has 0 amide bonds. The summed E-state index contributed by atoms with van der Waals surface area (Å²) in [5.41, 5.74) is 0. The number of rotatable bonds is 10. The number of fused-ring (bicyclic) bond motifs is 1. The molecule has 0 aliphatic carbocycles. The summed E-state index contributed by atoms with van der Waals surface area (Å²) in [4.78, 5) is 4.65. The zero-order valence-electron chi connectivity index (χ0n) is 17.7. The van der Waals surface area contributed by atoms with Crippen LogP contribution in [0.3, 0.4) is 0 Å². The molecule has 0 bridgehead atoms. The van der Waals surface area contributed by atoms with Crippen LogP contribution in [0, 0.1) is 5.92 Å². The Morgan fingerprint density at radius 1 is 1.28 bits per heavy atom. The summed E-state index contributed by atoms with van der Waals surface area (Å²) in [5, 5.41) is 15.5. The SMILES string of the molecule is CCNC(=NCCCOCC1CCOC1)NCCc1nnc2n1CCCCC2.I. The Balaban J connectivity index is 0.00000300. The van der Waals surface area contributed by atoms with E-state index in [9.17, 15) is 0 Å². The van der Waals surface area contributed by atoms with Crippen LogP contribution in [0.1, 0.15) is 50.7 Å². The summed E-state index contributed by atoms with van der Waals surface area (Å²) in [6.45, 7) is 8.86. The van der Waals surface area contributed by atoms with E-state index in [1.807, 2.05) is 0 Å². The summed E-state index contributed by atoms with van der Waals surface area (Å²) in [6, 6.07) is 0. The van der Waals surface area contributed by atoms with Crippen molar-refractivity contribution in [3.63, 3.8) is 0 Å². The first kappa shape index (κ1) is 24.3. The van der Waals surface area contributed by atoms with Crippen molar-refractivity contribution >= 4 is 29.9 Å². The van der Waals surface area contributed by atoms with Crippen molar-refractivity contribution in [2.45, 2.75) is 58.4 Å². The Kier molecular flexibility index (Phi) is 11.9. The number of halogens is 1. The molecule has 1 atom stereocenters. The summed E-state index contributed by atoms with van der Waals surface area (Å²) < 4.78 is 13.4. The van der Waals surface area contributed by atoms with E-state index in [1.165, 1.54) is 19.3 Å². The Hall–Kier alpha value is -0.940. The van der Waals surface area contributed by atoms with Crippen LogP contribution in [0.4, 0.5) is 0 Å². The van der Waals surface area contributed by atoms with Crippen molar-refractivity contribution in [1.29, 1.82) is 0 Å². The Morgan fingerprint density at radius 2 is 2.21 bits per heavy atom. The topological polar surface area (TPSA) is 85.6 Å². The summed E-state index contributed by atoms with van der Waals surface area (Å²) in [6.07, 6.45) is 7.72. The molecule has 9 heteroatoms. The standard InChI is InChI=1S/C20H36N6O2.HI/c1-2-21-20(22-10-6-13-27-15-17-9-14-28-16-17)23-11-8-19-25-24-18-7-4-3-5-12-26(18)19;/h17H,2-16H2,1H3,(H2,21,22,23);1H. The second-order valence-corrected chi connectivity index (χ2v) is 7.59. The quantitative estimate of drug-likeness (QED) is 0.213. The lowest BCUT2D eigenvalue weighted by Gasteiger charge is -2.12. The monoisotopic (exact) mass is 520 g/mol. The lowest BCUT2D eigenvalue weighted by Crippen LogP contribution is -2.38. The van der Waals surface area contributed by atoms with E-state index < -0.39 is 0 Å². The van der Waals surface area contributed by atoms with Gasteiger partial charge >= 0.3 is 0 Å². The number of nitrogens with zero attached hydrogens (tertiary/aromatic N) is 4. The number of aryl methyl sites for hydroxylation is 1. The van der Waals surface area contributed by atoms with Gasteiger partial charge in [-0.1, -0.05) is 6.42 Å². The van der Waals surface area contributed by atoms with Crippen LogP contribution in [0.25, 0.3) is 0 Å². The maximum Gasteiger partial charge on any atom is 0.191 e. The molecule has 2 aliphatic heterocycles. The third-order valence-corrected chi connectivity index (χ3v) is 5.27. The molecular formula is C20H37IN6O2. The normalized spacial score (nSPS) is 19.3. The van der Waals surface area contributed by atoms with Gasteiger partial charge in [0, 0.05) is 58.2 Å². The highest BCUT2D eigenvalue weighted by Gasteiger charge is 2.15. The molecule has 1 fully saturated rings. The highest BCUT2D eigenvalue weighted by Crippen LogP contribution is 2.14. The molecule has 2 N–H and O–H groups in total. The van der Waals surface area contributed by atoms with Crippen LogP contribution < -0.4 is 10.6 Å². The van der Waals surface area contributed by atoms with Crippen molar-refractivity contribution in [2.75, 3.05) is 46.1 Å². The molecule has 0 saturated carbocycles. The van der Waals surface area contributed by atoms with E-state index in [0.29, 0.717) is 5.92 Å². The number of hydrogen-bond donors (Lipinski definition) is 2. The van der Waals surface area contributed by atoms with Crippen LogP contribution in [0.5, 0.6) is 0 Å². The van der Waals surface area contributed by atoms with Crippen molar-refractivity contribution < 1.29 is 9.47 Å². The molecule has 1 unspecified atom stereocenters. The number of aromatic nitrogens is 3. The van der Waals surface area contributed by atoms with Crippen LogP contribution in [-0.4, -0.2) is 66.8 Å². The van der Waals surface area contributed by atoms with E-state index in [0.717, 1.165) is 95.9 Å². The lowest BCUT2D eigenvalue weighted by atomic mass is 10.1. The van der Waals surface area contributed by atoms with Crippen molar-refractivity contribution in [3.05, 3.63) is 11.6 Å². The van der Waals surface area contributed by atoms with E-state index in [2.05, 4.69) is 37.3 Å². The smallest absolute Gasteiger partial charge is 0.191 e. The number of hydrogen-bond acceptors (Lipinski definition) is 5. The second kappa shape index (κ2) is 14.1. The van der Waals surface area contributed by atoms with Gasteiger partial charge in [0.25, 0.3) is 0 Å². The maximum absolute atomic E-state index is 5.74. The first-order valence-electron chi connectivity index (χ1n) is 11.0. The fourth-order valence-electron chi connectivity index (χ4n) is 3.69. The molecule has 29 heavy (non-hydrogen) atoms. The third kappa shape index (κ3) is 8.37. The van der Waals surface area contributed by atoms with Gasteiger partial charge in [0.2, 0.25) is 0 Å². The first-order valence-corrected chi connectivity index (χ1v) is 11.0. The minimum absolute atomic E-state index is 0. The summed E-state index contributed by atoms with van der Waals surface area (Å²) in [7, 11) is 0. The molecule has 1 aromatic heterocycles. The Bertz CT molecular complexity index is 604. The zero-order valence-corrected chi connectivity index (χ0v) is 20.0. The highest BCUT2D eigenvalue weighted by atomic mass is 127. The first-order chi connectivity index (χ1) is 13.9. The number of ether oxygens (including phenoxy) is 2. The predicted octanol–water partition coefficient (Wildman–Crippen LogP) is 2.16. The fourth-order valence-corrected chi connectivity index (χ4v) is 3.69. The molecule has 0 spiro atoms. The molecule has 2 aliphatic rings. The Labute approximate surface area is 191 Å². The number of aliphatic imine (C=N–C) groups is 1. The van der Waals surface area contributed by atoms with Crippen LogP contribution in [0.15, 0.2) is 4.99 Å². The van der Waals surface area contributed by atoms with Crippen LogP contribution >= 0.6 is 24.0 Å². The largest absolute Gasteiger partial charge is 0.381 e. The molecule has 0 aromatic carbocycles. The van der Waals surface area contributed by atoms with Crippen molar-refractivity contribution in [3.8, 4) is 0 Å². The minimum Gasteiger partial charge on any atom is -0.381 e. The van der Waals surface area contributed by atoms with Gasteiger partial charge in [-0.05, 0) is 32.6 Å². The molecule has 0 radical (unpaired) electrons. The second-order valence-electron chi connectivity index (χ2n) is 7.59. The summed E-state index contributed by atoms with van der Waals surface area (Å²) in [5.74, 6) is 3.68. The molecule has 8 nitrogen and oxygen atoms in total. The van der Waals surface area contributed by atoms with Gasteiger partial charge in [-0.25, -0.2) is 0 Å². The maximum atomic E-state index is 5.74. The number of nitrogens with one attached hydrogen (secondary N) is 2. The van der Waals surface area contributed by atoms with Gasteiger partial charge in [0.1, 0.15) is 11.6 Å². The fraction of sp³-hybridized carbons (Fsp3) is 0.850. The van der Waals surface area contributed by atoms with Gasteiger partial charge in [0.15, 0.2) is 5.96 Å². The molecule has 3 heterocycles. The van der Waals surface area contributed by atoms with Gasteiger partial charge < -0.3 is 24.7 Å². The van der Waals surface area contributed by atoms with E-state index in [1.54, 1.807) is 0 Å². The Morgan fingerprint density at radius 3 is 3.03 bits per heavy atom. The van der Waals surface area contributed by atoms with Gasteiger partial charge in [0.05, 0.1) is 13.2 Å². The van der Waals surface area contributed by atoms with Gasteiger partial charge in [-0.2, -0.15) is 0 Å².